The van der Waals surface area contributed by atoms with Crippen LogP contribution in [0.1, 0.15) is 61.7 Å². The Balaban J connectivity index is 1.35. The van der Waals surface area contributed by atoms with Crippen LogP contribution in [0.15, 0.2) is 5.38 Å². The molecule has 3 aliphatic rings. The first kappa shape index (κ1) is 14.2. The average molecular weight is 319 g/mol. The Hall–Kier alpha value is -1.43. The molecule has 1 aliphatic heterocycles. The molecule has 0 spiro atoms. The molecule has 0 radical (unpaired) electrons. The summed E-state index contributed by atoms with van der Waals surface area (Å²) in [7, 11) is 0. The number of hydrogen-bond acceptors (Lipinski definition) is 4. The van der Waals surface area contributed by atoms with Gasteiger partial charge in [-0.15, -0.1) is 11.3 Å². The zero-order valence-electron chi connectivity index (χ0n) is 12.7. The lowest BCUT2D eigenvalue weighted by atomic mass is 10.1. The fourth-order valence-corrected chi connectivity index (χ4v) is 4.15. The minimum atomic E-state index is -0.197. The largest absolute Gasteiger partial charge is 0.348 e. The van der Waals surface area contributed by atoms with Gasteiger partial charge >= 0.3 is 0 Å². The van der Waals surface area contributed by atoms with E-state index in [0.29, 0.717) is 24.9 Å². The monoisotopic (exact) mass is 319 g/mol. The molecule has 1 N–H and O–H groups in total. The summed E-state index contributed by atoms with van der Waals surface area (Å²) in [4.78, 5) is 30.9. The van der Waals surface area contributed by atoms with Gasteiger partial charge in [-0.2, -0.15) is 0 Å². The second kappa shape index (κ2) is 5.33. The van der Waals surface area contributed by atoms with Gasteiger partial charge < -0.3 is 10.2 Å². The van der Waals surface area contributed by atoms with E-state index in [1.165, 1.54) is 17.8 Å². The Labute approximate surface area is 134 Å². The molecule has 4 rings (SSSR count). The number of amides is 2. The highest BCUT2D eigenvalue weighted by atomic mass is 32.1. The Bertz CT molecular complexity index is 606. The molecule has 2 heterocycles. The maximum absolute atomic E-state index is 12.4. The second-order valence-corrected chi connectivity index (χ2v) is 7.68. The van der Waals surface area contributed by atoms with Crippen LogP contribution in [0.4, 0.5) is 0 Å². The Kier molecular flexibility index (Phi) is 3.44. The van der Waals surface area contributed by atoms with Crippen molar-refractivity contribution >= 4 is 23.2 Å². The average Bonchev–Trinajstić information content (AvgIpc) is 3.42. The predicted octanol–water partition coefficient (Wildman–Crippen LogP) is 2.21. The third-order valence-corrected chi connectivity index (χ3v) is 5.81. The molecule has 0 aromatic carbocycles. The fourth-order valence-electron chi connectivity index (χ4n) is 3.07. The van der Waals surface area contributed by atoms with E-state index in [1.54, 1.807) is 11.3 Å². The minimum Gasteiger partial charge on any atom is -0.348 e. The molecule has 3 fully saturated rings. The lowest BCUT2D eigenvalue weighted by Gasteiger charge is -2.17. The molecule has 2 amide bonds. The first-order valence-corrected chi connectivity index (χ1v) is 9.05. The van der Waals surface area contributed by atoms with Crippen LogP contribution in [-0.2, 0) is 9.59 Å². The maximum Gasteiger partial charge on any atom is 0.225 e. The molecule has 1 aromatic heterocycles. The van der Waals surface area contributed by atoms with Crippen molar-refractivity contribution in [3.63, 3.8) is 0 Å². The van der Waals surface area contributed by atoms with E-state index in [-0.39, 0.29) is 23.8 Å². The van der Waals surface area contributed by atoms with Gasteiger partial charge in [0.05, 0.1) is 22.7 Å². The summed E-state index contributed by atoms with van der Waals surface area (Å²) in [6.45, 7) is 2.56. The van der Waals surface area contributed by atoms with E-state index in [4.69, 9.17) is 0 Å². The van der Waals surface area contributed by atoms with Crippen molar-refractivity contribution in [2.45, 2.75) is 57.0 Å². The molecule has 2 aliphatic carbocycles. The summed E-state index contributed by atoms with van der Waals surface area (Å²) in [6, 6.07) is 0.323. The van der Waals surface area contributed by atoms with Gasteiger partial charge in [-0.25, -0.2) is 4.98 Å². The summed E-state index contributed by atoms with van der Waals surface area (Å²) < 4.78 is 0. The molecule has 6 heteroatoms. The smallest absolute Gasteiger partial charge is 0.225 e. The third kappa shape index (κ3) is 2.76. The maximum atomic E-state index is 12.4. The van der Waals surface area contributed by atoms with Gasteiger partial charge in [0.25, 0.3) is 0 Å². The number of nitrogens with zero attached hydrogens (tertiary/aromatic N) is 2. The summed E-state index contributed by atoms with van der Waals surface area (Å²) in [5.41, 5.74) is 0.948. The van der Waals surface area contributed by atoms with E-state index < -0.39 is 0 Å². The van der Waals surface area contributed by atoms with Gasteiger partial charge in [0, 0.05) is 30.3 Å². The first-order valence-electron chi connectivity index (χ1n) is 8.17. The number of aromatic nitrogens is 1. The normalized spacial score (nSPS) is 26.3. The Morgan fingerprint density at radius 3 is 2.86 bits per heavy atom. The topological polar surface area (TPSA) is 62.3 Å². The molecule has 1 saturated heterocycles. The van der Waals surface area contributed by atoms with Gasteiger partial charge in [-0.05, 0) is 32.6 Å². The second-order valence-electron chi connectivity index (χ2n) is 6.79. The molecular weight excluding hydrogens is 298 g/mol. The van der Waals surface area contributed by atoms with Crippen LogP contribution in [0.3, 0.4) is 0 Å². The van der Waals surface area contributed by atoms with Crippen molar-refractivity contribution in [2.75, 3.05) is 6.54 Å². The van der Waals surface area contributed by atoms with Crippen molar-refractivity contribution in [1.29, 1.82) is 0 Å². The number of nitrogens with one attached hydrogen (secondary N) is 1. The van der Waals surface area contributed by atoms with Crippen molar-refractivity contribution in [2.24, 2.45) is 5.92 Å². The highest BCUT2D eigenvalue weighted by molar-refractivity contribution is 7.09. The zero-order chi connectivity index (χ0) is 15.3. The van der Waals surface area contributed by atoms with Crippen molar-refractivity contribution in [3.8, 4) is 0 Å². The van der Waals surface area contributed by atoms with Crippen LogP contribution < -0.4 is 5.32 Å². The molecule has 2 saturated carbocycles. The van der Waals surface area contributed by atoms with Crippen LogP contribution >= 0.6 is 11.3 Å². The van der Waals surface area contributed by atoms with Crippen LogP contribution in [0.25, 0.3) is 0 Å². The quantitative estimate of drug-likeness (QED) is 0.905. The number of thiazole rings is 1. The number of hydrogen-bond donors (Lipinski definition) is 1. The van der Waals surface area contributed by atoms with E-state index >= 15 is 0 Å². The van der Waals surface area contributed by atoms with Crippen LogP contribution in [-0.4, -0.2) is 34.3 Å². The Morgan fingerprint density at radius 2 is 2.18 bits per heavy atom. The van der Waals surface area contributed by atoms with Crippen molar-refractivity contribution in [3.05, 3.63) is 16.1 Å². The standard InChI is InChI=1S/C16H21N3O2S/c1-9(13-8-22-16(18-13)10-2-3-10)17-15(21)11-6-14(20)19(7-11)12-4-5-12/h8-12H,2-7H2,1H3,(H,17,21)/t9-,11-/m1/s1. The third-order valence-electron chi connectivity index (χ3n) is 4.79. The number of carbonyl (C=O) groups is 2. The van der Waals surface area contributed by atoms with Gasteiger partial charge in [0.15, 0.2) is 0 Å². The highest BCUT2D eigenvalue weighted by Gasteiger charge is 2.42. The van der Waals surface area contributed by atoms with Gasteiger partial charge in [-0.3, -0.25) is 9.59 Å². The summed E-state index contributed by atoms with van der Waals surface area (Å²) >= 11 is 1.70. The van der Waals surface area contributed by atoms with E-state index in [9.17, 15) is 9.59 Å². The zero-order valence-corrected chi connectivity index (χ0v) is 13.6. The van der Waals surface area contributed by atoms with Crippen molar-refractivity contribution in [1.82, 2.24) is 15.2 Å². The molecule has 2 atom stereocenters. The highest BCUT2D eigenvalue weighted by Crippen LogP contribution is 2.41. The minimum absolute atomic E-state index is 0.00929. The Morgan fingerprint density at radius 1 is 1.41 bits per heavy atom. The predicted molar refractivity (Wildman–Crippen MR) is 83.5 cm³/mol. The number of likely N-dealkylation sites (tertiary alicyclic amines) is 1. The molecular formula is C16H21N3O2S. The lowest BCUT2D eigenvalue weighted by Crippen LogP contribution is -2.35. The van der Waals surface area contributed by atoms with E-state index in [1.807, 2.05) is 11.8 Å². The number of rotatable bonds is 5. The van der Waals surface area contributed by atoms with Crippen molar-refractivity contribution < 1.29 is 9.59 Å². The summed E-state index contributed by atoms with van der Waals surface area (Å²) in [6.07, 6.45) is 5.04. The van der Waals surface area contributed by atoms with Gasteiger partial charge in [-0.1, -0.05) is 0 Å². The summed E-state index contributed by atoms with van der Waals surface area (Å²) in [5.74, 6) is 0.586. The van der Waals surface area contributed by atoms with Crippen LogP contribution in [0.5, 0.6) is 0 Å². The number of carbonyl (C=O) groups excluding carboxylic acids is 2. The van der Waals surface area contributed by atoms with Gasteiger partial charge in [0.1, 0.15) is 0 Å². The van der Waals surface area contributed by atoms with Gasteiger partial charge in [0.2, 0.25) is 11.8 Å². The molecule has 0 unspecified atom stereocenters. The molecule has 5 nitrogen and oxygen atoms in total. The fraction of sp³-hybridized carbons (Fsp3) is 0.688. The SMILES string of the molecule is C[C@@H](NC(=O)[C@@H]1CC(=O)N(C2CC2)C1)c1csc(C2CC2)n1. The molecule has 22 heavy (non-hydrogen) atoms. The molecule has 0 bridgehead atoms. The van der Waals surface area contributed by atoms with Crippen LogP contribution in [0.2, 0.25) is 0 Å². The molecule has 1 aromatic rings. The van der Waals surface area contributed by atoms with E-state index in [0.717, 1.165) is 18.5 Å². The van der Waals surface area contributed by atoms with E-state index in [2.05, 4.69) is 15.7 Å². The lowest BCUT2D eigenvalue weighted by molar-refractivity contribution is -0.129. The molecule has 118 valence electrons. The first-order chi connectivity index (χ1) is 10.6. The summed E-state index contributed by atoms with van der Waals surface area (Å²) in [5, 5.41) is 6.29. The van der Waals surface area contributed by atoms with Crippen LogP contribution in [0, 0.1) is 5.92 Å².